The van der Waals surface area contributed by atoms with Crippen LogP contribution < -0.4 is 10.2 Å². The van der Waals surface area contributed by atoms with E-state index in [-0.39, 0.29) is 5.91 Å². The molecule has 2 aromatic heterocycles. The first-order valence-electron chi connectivity index (χ1n) is 9.75. The molecule has 2 aliphatic rings. The van der Waals surface area contributed by atoms with Crippen molar-refractivity contribution >= 4 is 45.7 Å². The molecular formula is C23H16ClN5O. The average Bonchev–Trinajstić information content (AvgIpc) is 3.34. The number of aromatic nitrogens is 3. The summed E-state index contributed by atoms with van der Waals surface area (Å²) in [5.74, 6) is 1.50. The fourth-order valence-corrected chi connectivity index (χ4v) is 4.44. The second-order valence-electron chi connectivity index (χ2n) is 7.56. The van der Waals surface area contributed by atoms with E-state index in [0.29, 0.717) is 17.3 Å². The molecule has 4 heterocycles. The summed E-state index contributed by atoms with van der Waals surface area (Å²) in [5, 5.41) is 4.46. The average molecular weight is 414 g/mol. The van der Waals surface area contributed by atoms with Gasteiger partial charge in [-0.3, -0.25) is 4.79 Å². The van der Waals surface area contributed by atoms with E-state index < -0.39 is 0 Å². The molecule has 0 spiro atoms. The van der Waals surface area contributed by atoms with Crippen molar-refractivity contribution in [3.05, 3.63) is 71.1 Å². The van der Waals surface area contributed by atoms with Gasteiger partial charge < -0.3 is 10.2 Å². The van der Waals surface area contributed by atoms with E-state index in [9.17, 15) is 4.79 Å². The van der Waals surface area contributed by atoms with Crippen molar-refractivity contribution in [2.45, 2.75) is 12.8 Å². The van der Waals surface area contributed by atoms with Crippen LogP contribution in [0.3, 0.4) is 0 Å². The lowest BCUT2D eigenvalue weighted by atomic mass is 10.0. The number of halogens is 1. The van der Waals surface area contributed by atoms with E-state index >= 15 is 0 Å². The van der Waals surface area contributed by atoms with Gasteiger partial charge in [-0.15, -0.1) is 0 Å². The van der Waals surface area contributed by atoms with Gasteiger partial charge in [0.2, 0.25) is 5.91 Å². The van der Waals surface area contributed by atoms with Crippen LogP contribution in [-0.4, -0.2) is 27.4 Å². The van der Waals surface area contributed by atoms with Gasteiger partial charge in [0, 0.05) is 40.0 Å². The number of amides is 1. The standard InChI is InChI=1S/C23H16ClN5O/c24-17-3-1-13-5-6-29(20(13)10-17)23-18-8-14(2-4-19(18)26-12-27-23)16-7-15-9-21(30)28-22(15)25-11-16/h1-4,7-8,10-12H,5-6,9H2,(H,25,28,30). The monoisotopic (exact) mass is 413 g/mol. The van der Waals surface area contributed by atoms with E-state index in [1.54, 1.807) is 12.5 Å². The zero-order valence-corrected chi connectivity index (χ0v) is 16.6. The van der Waals surface area contributed by atoms with Gasteiger partial charge in [0.1, 0.15) is 18.0 Å². The van der Waals surface area contributed by atoms with E-state index in [2.05, 4.69) is 37.3 Å². The van der Waals surface area contributed by atoms with Crippen molar-refractivity contribution in [1.29, 1.82) is 0 Å². The first-order chi connectivity index (χ1) is 14.7. The lowest BCUT2D eigenvalue weighted by Crippen LogP contribution is -2.15. The maximum Gasteiger partial charge on any atom is 0.230 e. The van der Waals surface area contributed by atoms with Crippen LogP contribution in [0.25, 0.3) is 22.0 Å². The highest BCUT2D eigenvalue weighted by molar-refractivity contribution is 6.31. The molecule has 0 radical (unpaired) electrons. The Morgan fingerprint density at radius 2 is 1.90 bits per heavy atom. The molecule has 6 nitrogen and oxygen atoms in total. The minimum absolute atomic E-state index is 0.0183. The third-order valence-electron chi connectivity index (χ3n) is 5.72. The summed E-state index contributed by atoms with van der Waals surface area (Å²) in [7, 11) is 0. The van der Waals surface area contributed by atoms with Crippen molar-refractivity contribution in [2.75, 3.05) is 16.8 Å². The summed E-state index contributed by atoms with van der Waals surface area (Å²) in [6, 6.07) is 14.2. The van der Waals surface area contributed by atoms with E-state index in [1.807, 2.05) is 30.3 Å². The lowest BCUT2D eigenvalue weighted by Gasteiger charge is -2.20. The zero-order chi connectivity index (χ0) is 20.2. The molecule has 0 aliphatic carbocycles. The Kier molecular flexibility index (Phi) is 3.76. The molecule has 30 heavy (non-hydrogen) atoms. The highest BCUT2D eigenvalue weighted by atomic mass is 35.5. The minimum Gasteiger partial charge on any atom is -0.325 e. The fourth-order valence-electron chi connectivity index (χ4n) is 4.27. The number of fused-ring (bicyclic) bond motifs is 3. The number of carbonyl (C=O) groups excluding carboxylic acids is 1. The number of hydrogen-bond acceptors (Lipinski definition) is 5. The van der Waals surface area contributed by atoms with Gasteiger partial charge >= 0.3 is 0 Å². The van der Waals surface area contributed by atoms with Crippen LogP contribution in [0.4, 0.5) is 17.3 Å². The number of benzene rings is 2. The normalized spacial score (nSPS) is 14.7. The number of pyridine rings is 1. The number of nitrogens with zero attached hydrogens (tertiary/aromatic N) is 4. The van der Waals surface area contributed by atoms with Crippen LogP contribution >= 0.6 is 11.6 Å². The number of nitrogens with one attached hydrogen (secondary N) is 1. The molecule has 0 atom stereocenters. The van der Waals surface area contributed by atoms with E-state index in [4.69, 9.17) is 11.6 Å². The molecule has 6 rings (SSSR count). The number of anilines is 3. The largest absolute Gasteiger partial charge is 0.325 e. The summed E-state index contributed by atoms with van der Waals surface area (Å²) in [6.45, 7) is 0.847. The summed E-state index contributed by atoms with van der Waals surface area (Å²) >= 11 is 6.26. The van der Waals surface area contributed by atoms with Gasteiger partial charge in [-0.05, 0) is 47.9 Å². The quantitative estimate of drug-likeness (QED) is 0.522. The molecule has 4 aromatic rings. The summed E-state index contributed by atoms with van der Waals surface area (Å²) in [6.07, 6.45) is 4.71. The molecule has 1 amide bonds. The predicted molar refractivity (Wildman–Crippen MR) is 117 cm³/mol. The van der Waals surface area contributed by atoms with Gasteiger partial charge in [0.15, 0.2) is 0 Å². The van der Waals surface area contributed by atoms with Crippen LogP contribution in [0.1, 0.15) is 11.1 Å². The number of carbonyl (C=O) groups is 1. The minimum atomic E-state index is -0.0183. The molecule has 0 saturated carbocycles. The lowest BCUT2D eigenvalue weighted by molar-refractivity contribution is -0.115. The molecule has 0 bridgehead atoms. The van der Waals surface area contributed by atoms with Crippen LogP contribution in [0.5, 0.6) is 0 Å². The van der Waals surface area contributed by atoms with Crippen molar-refractivity contribution in [2.24, 2.45) is 0 Å². The summed E-state index contributed by atoms with van der Waals surface area (Å²) < 4.78 is 0. The molecular weight excluding hydrogens is 398 g/mol. The molecule has 0 fully saturated rings. The van der Waals surface area contributed by atoms with Crippen molar-refractivity contribution in [3.63, 3.8) is 0 Å². The van der Waals surface area contributed by atoms with Crippen molar-refractivity contribution in [1.82, 2.24) is 15.0 Å². The molecule has 0 saturated heterocycles. The van der Waals surface area contributed by atoms with Crippen LogP contribution in [0.2, 0.25) is 5.02 Å². The van der Waals surface area contributed by atoms with Crippen molar-refractivity contribution in [3.8, 4) is 11.1 Å². The third-order valence-corrected chi connectivity index (χ3v) is 5.96. The first-order valence-corrected chi connectivity index (χ1v) is 10.1. The highest BCUT2D eigenvalue weighted by Gasteiger charge is 2.24. The van der Waals surface area contributed by atoms with Gasteiger partial charge in [-0.2, -0.15) is 0 Å². The Labute approximate surface area is 177 Å². The Morgan fingerprint density at radius 1 is 0.967 bits per heavy atom. The predicted octanol–water partition coefficient (Wildman–Crippen LogP) is 4.53. The van der Waals surface area contributed by atoms with Crippen molar-refractivity contribution < 1.29 is 4.79 Å². The Balaban J connectivity index is 1.48. The molecule has 7 heteroatoms. The molecule has 2 aliphatic heterocycles. The van der Waals surface area contributed by atoms with E-state index in [0.717, 1.165) is 52.1 Å². The molecule has 2 aromatic carbocycles. The first kappa shape index (κ1) is 17.4. The molecule has 0 unspecified atom stereocenters. The number of hydrogen-bond donors (Lipinski definition) is 1. The van der Waals surface area contributed by atoms with Crippen LogP contribution in [0, 0.1) is 0 Å². The maximum absolute atomic E-state index is 11.7. The Bertz CT molecular complexity index is 1350. The fraction of sp³-hybridized carbons (Fsp3) is 0.130. The SMILES string of the molecule is O=C1Cc2cc(-c3ccc4ncnc(N5CCc6ccc(Cl)cc65)c4c3)cnc2N1. The second-order valence-corrected chi connectivity index (χ2v) is 8.00. The van der Waals surface area contributed by atoms with E-state index in [1.165, 1.54) is 5.56 Å². The third kappa shape index (κ3) is 2.72. The van der Waals surface area contributed by atoms with Gasteiger partial charge in [-0.25, -0.2) is 15.0 Å². The molecule has 1 N–H and O–H groups in total. The van der Waals surface area contributed by atoms with Crippen LogP contribution in [0.15, 0.2) is 55.0 Å². The maximum atomic E-state index is 11.7. The topological polar surface area (TPSA) is 71.0 Å². The Morgan fingerprint density at radius 3 is 2.83 bits per heavy atom. The highest BCUT2D eigenvalue weighted by Crippen LogP contribution is 2.39. The molecule has 146 valence electrons. The van der Waals surface area contributed by atoms with Gasteiger partial charge in [0.25, 0.3) is 0 Å². The summed E-state index contributed by atoms with van der Waals surface area (Å²) in [4.78, 5) is 27.4. The Hall–Kier alpha value is -3.51. The van der Waals surface area contributed by atoms with Crippen LogP contribution in [-0.2, 0) is 17.6 Å². The second kappa shape index (κ2) is 6.50. The zero-order valence-electron chi connectivity index (χ0n) is 15.9. The number of rotatable bonds is 2. The van der Waals surface area contributed by atoms with Gasteiger partial charge in [-0.1, -0.05) is 23.7 Å². The summed E-state index contributed by atoms with van der Waals surface area (Å²) in [5.41, 5.74) is 6.14. The smallest absolute Gasteiger partial charge is 0.230 e. The van der Waals surface area contributed by atoms with Gasteiger partial charge in [0.05, 0.1) is 11.9 Å².